The second-order valence-electron chi connectivity index (χ2n) is 4.79. The zero-order chi connectivity index (χ0) is 15.8. The Labute approximate surface area is 121 Å². The maximum absolute atomic E-state index is 13.7. The van der Waals surface area contributed by atoms with Crippen LogP contribution in [0.3, 0.4) is 0 Å². The van der Waals surface area contributed by atoms with Crippen LogP contribution in [-0.4, -0.2) is 8.42 Å². The molecule has 0 fully saturated rings. The summed E-state index contributed by atoms with van der Waals surface area (Å²) >= 11 is 0. The van der Waals surface area contributed by atoms with Crippen molar-refractivity contribution in [1.82, 2.24) is 0 Å². The molecule has 21 heavy (non-hydrogen) atoms. The molecular weight excluding hydrogens is 298 g/mol. The third-order valence-corrected chi connectivity index (χ3v) is 4.21. The van der Waals surface area contributed by atoms with E-state index in [1.807, 2.05) is 6.07 Å². The third kappa shape index (κ3) is 3.30. The van der Waals surface area contributed by atoms with Crippen LogP contribution in [0, 0.1) is 25.5 Å². The summed E-state index contributed by atoms with van der Waals surface area (Å²) in [5.41, 5.74) is 6.87. The lowest BCUT2D eigenvalue weighted by Gasteiger charge is -2.11. The first-order valence-corrected chi connectivity index (χ1v) is 7.53. The van der Waals surface area contributed by atoms with Crippen LogP contribution in [0.15, 0.2) is 35.2 Å². The summed E-state index contributed by atoms with van der Waals surface area (Å²) in [6, 6.07) is 6.29. The molecule has 0 aliphatic carbocycles. The number of anilines is 2. The normalized spacial score (nSPS) is 11.4. The Bertz CT molecular complexity index is 785. The van der Waals surface area contributed by atoms with Crippen molar-refractivity contribution in [2.75, 3.05) is 10.5 Å². The topological polar surface area (TPSA) is 72.2 Å². The Morgan fingerprint density at radius 2 is 1.52 bits per heavy atom. The van der Waals surface area contributed by atoms with E-state index in [2.05, 4.69) is 4.72 Å². The number of hydrogen-bond acceptors (Lipinski definition) is 3. The average molecular weight is 312 g/mol. The maximum atomic E-state index is 13.7. The molecule has 0 saturated carbocycles. The molecule has 0 atom stereocenters. The van der Waals surface area contributed by atoms with E-state index in [1.165, 1.54) is 0 Å². The number of hydrogen-bond donors (Lipinski definition) is 2. The summed E-state index contributed by atoms with van der Waals surface area (Å²) in [5.74, 6) is -2.20. The van der Waals surface area contributed by atoms with Gasteiger partial charge < -0.3 is 5.73 Å². The highest BCUT2D eigenvalue weighted by molar-refractivity contribution is 7.92. The van der Waals surface area contributed by atoms with Crippen molar-refractivity contribution in [2.45, 2.75) is 18.7 Å². The summed E-state index contributed by atoms with van der Waals surface area (Å²) in [6.07, 6.45) is 0. The molecule has 112 valence electrons. The largest absolute Gasteiger partial charge is 0.396 e. The van der Waals surface area contributed by atoms with E-state index in [1.54, 1.807) is 26.0 Å². The molecule has 3 N–H and O–H groups in total. The molecule has 2 aromatic carbocycles. The van der Waals surface area contributed by atoms with Crippen molar-refractivity contribution >= 4 is 21.4 Å². The van der Waals surface area contributed by atoms with E-state index in [0.29, 0.717) is 11.8 Å². The van der Waals surface area contributed by atoms with Crippen molar-refractivity contribution in [3.63, 3.8) is 0 Å². The summed E-state index contributed by atoms with van der Waals surface area (Å²) in [7, 11) is -4.19. The van der Waals surface area contributed by atoms with Crippen LogP contribution in [0.4, 0.5) is 20.2 Å². The monoisotopic (exact) mass is 312 g/mol. The van der Waals surface area contributed by atoms with Gasteiger partial charge in [0.2, 0.25) is 0 Å². The smallest absolute Gasteiger partial charge is 0.264 e. The SMILES string of the molecule is Cc1cc(C)cc(NS(=O)(=O)c2cc(N)c(F)cc2F)c1. The van der Waals surface area contributed by atoms with E-state index in [9.17, 15) is 17.2 Å². The Morgan fingerprint density at radius 3 is 2.10 bits per heavy atom. The Balaban J connectivity index is 2.45. The number of halogens is 2. The van der Waals surface area contributed by atoms with Crippen LogP contribution in [0.5, 0.6) is 0 Å². The highest BCUT2D eigenvalue weighted by atomic mass is 32.2. The van der Waals surface area contributed by atoms with Gasteiger partial charge in [-0.15, -0.1) is 0 Å². The van der Waals surface area contributed by atoms with Gasteiger partial charge in [0.25, 0.3) is 10.0 Å². The molecule has 0 spiro atoms. The summed E-state index contributed by atoms with van der Waals surface area (Å²) in [5, 5.41) is 0. The molecule has 0 aromatic heterocycles. The van der Waals surface area contributed by atoms with E-state index < -0.39 is 32.2 Å². The number of nitrogen functional groups attached to an aromatic ring is 1. The lowest BCUT2D eigenvalue weighted by molar-refractivity contribution is 0.553. The minimum atomic E-state index is -4.19. The Morgan fingerprint density at radius 1 is 0.952 bits per heavy atom. The fraction of sp³-hybridized carbons (Fsp3) is 0.143. The summed E-state index contributed by atoms with van der Waals surface area (Å²) < 4.78 is 53.4. The van der Waals surface area contributed by atoms with Gasteiger partial charge in [-0.25, -0.2) is 17.2 Å². The molecule has 4 nitrogen and oxygen atoms in total. The molecule has 0 amide bonds. The lowest BCUT2D eigenvalue weighted by atomic mass is 10.1. The van der Waals surface area contributed by atoms with Crippen LogP contribution in [0.2, 0.25) is 0 Å². The van der Waals surface area contributed by atoms with Gasteiger partial charge in [-0.2, -0.15) is 0 Å². The Hall–Kier alpha value is -2.15. The van der Waals surface area contributed by atoms with Crippen LogP contribution in [-0.2, 0) is 10.0 Å². The average Bonchev–Trinajstić information content (AvgIpc) is 2.31. The number of benzene rings is 2. The number of nitrogens with two attached hydrogens (primary N) is 1. The molecule has 0 unspecified atom stereocenters. The number of aryl methyl sites for hydroxylation is 2. The van der Waals surface area contributed by atoms with Crippen LogP contribution < -0.4 is 10.5 Å². The van der Waals surface area contributed by atoms with Crippen LogP contribution in [0.1, 0.15) is 11.1 Å². The maximum Gasteiger partial charge on any atom is 0.264 e. The van der Waals surface area contributed by atoms with Gasteiger partial charge in [0.15, 0.2) is 0 Å². The highest BCUT2D eigenvalue weighted by Crippen LogP contribution is 2.24. The van der Waals surface area contributed by atoms with Gasteiger partial charge in [-0.3, -0.25) is 4.72 Å². The second-order valence-corrected chi connectivity index (χ2v) is 6.44. The number of nitrogens with one attached hydrogen (secondary N) is 1. The fourth-order valence-corrected chi connectivity index (χ4v) is 3.13. The van der Waals surface area contributed by atoms with Gasteiger partial charge in [-0.05, 0) is 43.2 Å². The summed E-state index contributed by atoms with van der Waals surface area (Å²) in [6.45, 7) is 3.61. The number of sulfonamides is 1. The molecule has 7 heteroatoms. The van der Waals surface area contributed by atoms with Crippen molar-refractivity contribution in [3.8, 4) is 0 Å². The third-order valence-electron chi connectivity index (χ3n) is 2.81. The molecule has 0 saturated heterocycles. The molecule has 0 radical (unpaired) electrons. The minimum absolute atomic E-state index is 0.301. The fourth-order valence-electron chi connectivity index (χ4n) is 1.99. The van der Waals surface area contributed by atoms with Gasteiger partial charge in [0.05, 0.1) is 5.69 Å². The first kappa shape index (κ1) is 15.2. The standard InChI is InChI=1S/C14H14F2N2O2S/c1-8-3-9(2)5-10(4-8)18-21(19,20)14-7-13(17)11(15)6-12(14)16/h3-7,18H,17H2,1-2H3. The molecule has 0 bridgehead atoms. The van der Waals surface area contributed by atoms with Gasteiger partial charge in [0.1, 0.15) is 16.5 Å². The van der Waals surface area contributed by atoms with E-state index in [0.717, 1.165) is 17.2 Å². The Kier molecular flexibility index (Phi) is 3.87. The lowest BCUT2D eigenvalue weighted by Crippen LogP contribution is -2.15. The van der Waals surface area contributed by atoms with Crippen LogP contribution in [0.25, 0.3) is 0 Å². The van der Waals surface area contributed by atoms with Gasteiger partial charge >= 0.3 is 0 Å². The summed E-state index contributed by atoms with van der Waals surface area (Å²) in [4.78, 5) is -0.694. The quantitative estimate of drug-likeness (QED) is 0.856. The molecular formula is C14H14F2N2O2S. The van der Waals surface area contributed by atoms with Crippen molar-refractivity contribution in [2.24, 2.45) is 0 Å². The predicted octanol–water partition coefficient (Wildman–Crippen LogP) is 2.96. The van der Waals surface area contributed by atoms with Crippen molar-refractivity contribution < 1.29 is 17.2 Å². The minimum Gasteiger partial charge on any atom is -0.396 e. The second kappa shape index (κ2) is 5.33. The number of rotatable bonds is 3. The molecule has 0 aliphatic heterocycles. The predicted molar refractivity (Wildman–Crippen MR) is 77.5 cm³/mol. The molecule has 0 heterocycles. The molecule has 2 aromatic rings. The zero-order valence-corrected chi connectivity index (χ0v) is 12.3. The van der Waals surface area contributed by atoms with Gasteiger partial charge in [-0.1, -0.05) is 6.07 Å². The van der Waals surface area contributed by atoms with Crippen molar-refractivity contribution in [1.29, 1.82) is 0 Å². The van der Waals surface area contributed by atoms with Gasteiger partial charge in [0, 0.05) is 11.8 Å². The highest BCUT2D eigenvalue weighted by Gasteiger charge is 2.21. The zero-order valence-electron chi connectivity index (χ0n) is 11.4. The first-order valence-electron chi connectivity index (χ1n) is 6.04. The molecule has 2 rings (SSSR count). The van der Waals surface area contributed by atoms with E-state index in [4.69, 9.17) is 5.73 Å². The van der Waals surface area contributed by atoms with E-state index in [-0.39, 0.29) is 0 Å². The molecule has 0 aliphatic rings. The van der Waals surface area contributed by atoms with E-state index >= 15 is 0 Å². The first-order chi connectivity index (χ1) is 9.69. The van der Waals surface area contributed by atoms with Crippen molar-refractivity contribution in [3.05, 3.63) is 53.1 Å². The van der Waals surface area contributed by atoms with Crippen LogP contribution >= 0.6 is 0 Å².